The van der Waals surface area contributed by atoms with Crippen molar-refractivity contribution < 1.29 is 9.84 Å². The standard InChI is InChI=1S/C19H25NO2/c1-13(2)15-8-10-16(11-9-15)14(3)20-12-17-6-5-7-18(22-4)19(17)21/h5-11,13-14,20-21H,12H2,1-4H3/t14-/m0/s1. The van der Waals surface area contributed by atoms with Crippen LogP contribution in [0.1, 0.15) is 49.4 Å². The Morgan fingerprint density at radius 1 is 1.00 bits per heavy atom. The number of phenolic OH excluding ortho intramolecular Hbond substituents is 1. The van der Waals surface area contributed by atoms with Crippen LogP contribution in [0.3, 0.4) is 0 Å². The molecule has 2 aromatic carbocycles. The smallest absolute Gasteiger partial charge is 0.162 e. The van der Waals surface area contributed by atoms with Gasteiger partial charge in [-0.05, 0) is 30.0 Å². The van der Waals surface area contributed by atoms with E-state index in [9.17, 15) is 5.11 Å². The largest absolute Gasteiger partial charge is 0.504 e. The first-order chi connectivity index (χ1) is 10.5. The van der Waals surface area contributed by atoms with E-state index in [1.54, 1.807) is 13.2 Å². The van der Waals surface area contributed by atoms with Crippen LogP contribution in [0, 0.1) is 0 Å². The third-order valence-corrected chi connectivity index (χ3v) is 4.00. The molecular formula is C19H25NO2. The quantitative estimate of drug-likeness (QED) is 0.832. The Labute approximate surface area is 133 Å². The van der Waals surface area contributed by atoms with E-state index in [1.165, 1.54) is 11.1 Å². The summed E-state index contributed by atoms with van der Waals surface area (Å²) in [6, 6.07) is 14.5. The number of hydrogen-bond acceptors (Lipinski definition) is 3. The van der Waals surface area contributed by atoms with Crippen LogP contribution in [-0.2, 0) is 6.54 Å². The molecule has 0 fully saturated rings. The Balaban J connectivity index is 2.02. The lowest BCUT2D eigenvalue weighted by Gasteiger charge is -2.16. The van der Waals surface area contributed by atoms with E-state index in [0.29, 0.717) is 18.2 Å². The summed E-state index contributed by atoms with van der Waals surface area (Å²) >= 11 is 0. The van der Waals surface area contributed by atoms with Gasteiger partial charge < -0.3 is 15.2 Å². The van der Waals surface area contributed by atoms with E-state index in [4.69, 9.17) is 4.74 Å². The molecule has 118 valence electrons. The minimum atomic E-state index is 0.208. The molecule has 2 rings (SSSR count). The zero-order valence-electron chi connectivity index (χ0n) is 13.8. The van der Waals surface area contributed by atoms with Crippen LogP contribution >= 0.6 is 0 Å². The average Bonchev–Trinajstić information content (AvgIpc) is 2.53. The van der Waals surface area contributed by atoms with Crippen molar-refractivity contribution in [1.82, 2.24) is 5.32 Å². The maximum atomic E-state index is 10.1. The predicted molar refractivity (Wildman–Crippen MR) is 90.4 cm³/mol. The normalized spacial score (nSPS) is 12.4. The molecule has 0 amide bonds. The molecule has 0 saturated carbocycles. The summed E-state index contributed by atoms with van der Waals surface area (Å²) < 4.78 is 5.13. The third kappa shape index (κ3) is 3.80. The Morgan fingerprint density at radius 3 is 2.23 bits per heavy atom. The van der Waals surface area contributed by atoms with E-state index < -0.39 is 0 Å². The molecule has 0 spiro atoms. The van der Waals surface area contributed by atoms with Crippen LogP contribution in [0.4, 0.5) is 0 Å². The number of phenols is 1. The Morgan fingerprint density at radius 2 is 1.64 bits per heavy atom. The first-order valence-corrected chi connectivity index (χ1v) is 7.71. The third-order valence-electron chi connectivity index (χ3n) is 4.00. The van der Waals surface area contributed by atoms with E-state index >= 15 is 0 Å². The van der Waals surface area contributed by atoms with Gasteiger partial charge in [0.2, 0.25) is 0 Å². The van der Waals surface area contributed by atoms with Gasteiger partial charge in [0.15, 0.2) is 11.5 Å². The zero-order valence-corrected chi connectivity index (χ0v) is 13.8. The number of hydrogen-bond donors (Lipinski definition) is 2. The number of methoxy groups -OCH3 is 1. The SMILES string of the molecule is COc1cccc(CN[C@@H](C)c2ccc(C(C)C)cc2)c1O. The van der Waals surface area contributed by atoms with E-state index in [-0.39, 0.29) is 11.8 Å². The summed E-state index contributed by atoms with van der Waals surface area (Å²) in [6.07, 6.45) is 0. The predicted octanol–water partition coefficient (Wildman–Crippen LogP) is 4.38. The average molecular weight is 299 g/mol. The van der Waals surface area contributed by atoms with Gasteiger partial charge in [0.25, 0.3) is 0 Å². The number of nitrogens with one attached hydrogen (secondary N) is 1. The zero-order chi connectivity index (χ0) is 16.1. The fourth-order valence-corrected chi connectivity index (χ4v) is 2.43. The Hall–Kier alpha value is -2.00. The number of ether oxygens (including phenoxy) is 1. The fraction of sp³-hybridized carbons (Fsp3) is 0.368. The first-order valence-electron chi connectivity index (χ1n) is 7.71. The highest BCUT2D eigenvalue weighted by atomic mass is 16.5. The highest BCUT2D eigenvalue weighted by Gasteiger charge is 2.10. The monoisotopic (exact) mass is 299 g/mol. The molecule has 2 N–H and O–H groups in total. The Bertz CT molecular complexity index is 605. The van der Waals surface area contributed by atoms with Crippen molar-refractivity contribution >= 4 is 0 Å². The van der Waals surface area contributed by atoms with Gasteiger partial charge in [-0.25, -0.2) is 0 Å². The first kappa shape index (κ1) is 16.4. The lowest BCUT2D eigenvalue weighted by atomic mass is 9.99. The van der Waals surface area contributed by atoms with Crippen molar-refractivity contribution in [1.29, 1.82) is 0 Å². The van der Waals surface area contributed by atoms with Gasteiger partial charge in [-0.2, -0.15) is 0 Å². The van der Waals surface area contributed by atoms with Crippen molar-refractivity contribution in [2.24, 2.45) is 0 Å². The summed E-state index contributed by atoms with van der Waals surface area (Å²) in [5.41, 5.74) is 3.43. The lowest BCUT2D eigenvalue weighted by molar-refractivity contribution is 0.369. The molecule has 0 saturated heterocycles. The number of benzene rings is 2. The lowest BCUT2D eigenvalue weighted by Crippen LogP contribution is -2.18. The topological polar surface area (TPSA) is 41.5 Å². The summed E-state index contributed by atoms with van der Waals surface area (Å²) in [5.74, 6) is 1.26. The van der Waals surface area contributed by atoms with Gasteiger partial charge in [-0.1, -0.05) is 50.2 Å². The number of rotatable bonds is 6. The van der Waals surface area contributed by atoms with Crippen LogP contribution < -0.4 is 10.1 Å². The van der Waals surface area contributed by atoms with Crippen molar-refractivity contribution in [3.05, 3.63) is 59.2 Å². The summed E-state index contributed by atoms with van der Waals surface area (Å²) in [5, 5.41) is 13.5. The van der Waals surface area contributed by atoms with Gasteiger partial charge in [-0.3, -0.25) is 0 Å². The number of aromatic hydroxyl groups is 1. The molecule has 0 bridgehead atoms. The van der Waals surface area contributed by atoms with Crippen molar-refractivity contribution in [3.8, 4) is 11.5 Å². The van der Waals surface area contributed by atoms with Crippen molar-refractivity contribution in [2.75, 3.05) is 7.11 Å². The molecule has 0 heterocycles. The van der Waals surface area contributed by atoms with E-state index in [2.05, 4.69) is 50.4 Å². The minimum absolute atomic E-state index is 0.208. The molecule has 2 aromatic rings. The molecule has 0 aliphatic carbocycles. The molecule has 0 radical (unpaired) electrons. The summed E-state index contributed by atoms with van der Waals surface area (Å²) in [6.45, 7) is 7.11. The molecule has 3 heteroatoms. The van der Waals surface area contributed by atoms with Crippen LogP contribution in [0.5, 0.6) is 11.5 Å². The van der Waals surface area contributed by atoms with Crippen LogP contribution in [0.15, 0.2) is 42.5 Å². The maximum Gasteiger partial charge on any atom is 0.162 e. The van der Waals surface area contributed by atoms with Gasteiger partial charge >= 0.3 is 0 Å². The van der Waals surface area contributed by atoms with Crippen molar-refractivity contribution in [2.45, 2.75) is 39.3 Å². The van der Waals surface area contributed by atoms with Gasteiger partial charge in [-0.15, -0.1) is 0 Å². The van der Waals surface area contributed by atoms with Gasteiger partial charge in [0, 0.05) is 18.2 Å². The Kier molecular flexibility index (Phi) is 5.45. The molecule has 1 atom stereocenters. The van der Waals surface area contributed by atoms with Crippen LogP contribution in [-0.4, -0.2) is 12.2 Å². The molecule has 0 unspecified atom stereocenters. The molecule has 3 nitrogen and oxygen atoms in total. The van der Waals surface area contributed by atoms with Crippen LogP contribution in [0.2, 0.25) is 0 Å². The molecule has 0 aliphatic rings. The highest BCUT2D eigenvalue weighted by molar-refractivity contribution is 5.45. The second-order valence-corrected chi connectivity index (χ2v) is 5.89. The van der Waals surface area contributed by atoms with Gasteiger partial charge in [0.05, 0.1) is 7.11 Å². The van der Waals surface area contributed by atoms with E-state index in [0.717, 1.165) is 5.56 Å². The maximum absolute atomic E-state index is 10.1. The summed E-state index contributed by atoms with van der Waals surface area (Å²) in [4.78, 5) is 0. The fourth-order valence-electron chi connectivity index (χ4n) is 2.43. The van der Waals surface area contributed by atoms with Gasteiger partial charge in [0.1, 0.15) is 0 Å². The minimum Gasteiger partial charge on any atom is -0.504 e. The second kappa shape index (κ2) is 7.32. The van der Waals surface area contributed by atoms with Crippen molar-refractivity contribution in [3.63, 3.8) is 0 Å². The molecular weight excluding hydrogens is 274 g/mol. The second-order valence-electron chi connectivity index (χ2n) is 5.89. The van der Waals surface area contributed by atoms with Crippen LogP contribution in [0.25, 0.3) is 0 Å². The molecule has 22 heavy (non-hydrogen) atoms. The summed E-state index contributed by atoms with van der Waals surface area (Å²) in [7, 11) is 1.56. The number of para-hydroxylation sites is 1. The highest BCUT2D eigenvalue weighted by Crippen LogP contribution is 2.29. The van der Waals surface area contributed by atoms with E-state index in [1.807, 2.05) is 12.1 Å². The molecule has 0 aliphatic heterocycles. The molecule has 0 aromatic heterocycles.